The first-order valence-electron chi connectivity index (χ1n) is 13.1. The SMILES string of the molecule is O=S(=O)([O-])CCCCCCCCCCCCCCCCCCCCCCCCS(=O)(=O)[O-].[K+].[K+]. The monoisotopic (exact) mass is 574 g/mol. The molecule has 0 aliphatic carbocycles. The van der Waals surface area contributed by atoms with E-state index in [2.05, 4.69) is 0 Å². The van der Waals surface area contributed by atoms with Crippen LogP contribution in [-0.2, 0) is 20.2 Å². The van der Waals surface area contributed by atoms with Crippen molar-refractivity contribution >= 4 is 20.2 Å². The summed E-state index contributed by atoms with van der Waals surface area (Å²) in [6.07, 6.45) is 25.3. The average molecular weight is 575 g/mol. The summed E-state index contributed by atoms with van der Waals surface area (Å²) in [5, 5.41) is 0. The third-order valence-electron chi connectivity index (χ3n) is 6.04. The molecule has 0 heterocycles. The molecule has 0 N–H and O–H groups in total. The van der Waals surface area contributed by atoms with E-state index in [9.17, 15) is 25.9 Å². The van der Waals surface area contributed by atoms with Crippen LogP contribution in [0.5, 0.6) is 0 Å². The predicted molar refractivity (Wildman–Crippen MR) is 131 cm³/mol. The van der Waals surface area contributed by atoms with Crippen molar-refractivity contribution in [2.24, 2.45) is 0 Å². The van der Waals surface area contributed by atoms with Gasteiger partial charge in [0.2, 0.25) is 0 Å². The van der Waals surface area contributed by atoms with Crippen LogP contribution in [-0.4, -0.2) is 37.4 Å². The molecular formula is C24H48K2O6S2. The minimum absolute atomic E-state index is 0. The quantitative estimate of drug-likeness (QED) is 0.0899. The van der Waals surface area contributed by atoms with Crippen LogP contribution in [0.4, 0.5) is 0 Å². The second-order valence-electron chi connectivity index (χ2n) is 9.30. The number of hydrogen-bond donors (Lipinski definition) is 0. The van der Waals surface area contributed by atoms with Crippen LogP contribution in [0, 0.1) is 0 Å². The Morgan fingerprint density at radius 2 is 0.412 bits per heavy atom. The van der Waals surface area contributed by atoms with Crippen molar-refractivity contribution in [1.82, 2.24) is 0 Å². The first kappa shape index (κ1) is 41.6. The maximum Gasteiger partial charge on any atom is 1.00 e. The van der Waals surface area contributed by atoms with E-state index in [0.717, 1.165) is 38.5 Å². The van der Waals surface area contributed by atoms with Crippen LogP contribution in [0.1, 0.15) is 141 Å². The zero-order valence-corrected chi connectivity index (χ0v) is 30.1. The molecule has 34 heavy (non-hydrogen) atoms. The zero-order valence-electron chi connectivity index (χ0n) is 22.2. The molecule has 0 aliphatic heterocycles. The van der Waals surface area contributed by atoms with Gasteiger partial charge in [-0.15, -0.1) is 0 Å². The second kappa shape index (κ2) is 29.1. The van der Waals surface area contributed by atoms with Crippen molar-refractivity contribution < 1.29 is 129 Å². The minimum atomic E-state index is -4.02. The molecule has 0 saturated heterocycles. The molecule has 0 aromatic carbocycles. The van der Waals surface area contributed by atoms with E-state index in [1.165, 1.54) is 89.9 Å². The first-order chi connectivity index (χ1) is 15.2. The van der Waals surface area contributed by atoms with Gasteiger partial charge in [-0.3, -0.25) is 0 Å². The van der Waals surface area contributed by atoms with Crippen LogP contribution in [0.25, 0.3) is 0 Å². The Hall–Kier alpha value is 3.09. The van der Waals surface area contributed by atoms with Gasteiger partial charge in [-0.05, 0) is 12.8 Å². The van der Waals surface area contributed by atoms with E-state index in [1.54, 1.807) is 0 Å². The third kappa shape index (κ3) is 39.6. The van der Waals surface area contributed by atoms with Crippen LogP contribution < -0.4 is 103 Å². The van der Waals surface area contributed by atoms with E-state index < -0.39 is 20.2 Å². The van der Waals surface area contributed by atoms with Crippen molar-refractivity contribution in [3.63, 3.8) is 0 Å². The van der Waals surface area contributed by atoms with E-state index in [-0.39, 0.29) is 114 Å². The number of unbranched alkanes of at least 4 members (excludes halogenated alkanes) is 21. The summed E-state index contributed by atoms with van der Waals surface area (Å²) in [5.74, 6) is -0.422. The Kier molecular flexibility index (Phi) is 35.6. The number of rotatable bonds is 25. The molecule has 0 rings (SSSR count). The summed E-state index contributed by atoms with van der Waals surface area (Å²) in [5.41, 5.74) is 0. The standard InChI is InChI=1S/C24H50O6S2.2K/c25-31(26,27)23-21-19-17-15-13-11-9-7-5-3-1-2-4-6-8-10-12-14-16-18-20-22-24-32(28,29)30;;/h1-24H2,(H,25,26,27)(H,28,29,30);;/q;2*+1/p-2. The van der Waals surface area contributed by atoms with Gasteiger partial charge in [0.05, 0.1) is 20.2 Å². The normalized spacial score (nSPS) is 11.7. The van der Waals surface area contributed by atoms with E-state index >= 15 is 0 Å². The van der Waals surface area contributed by atoms with Crippen molar-refractivity contribution in [3.05, 3.63) is 0 Å². The van der Waals surface area contributed by atoms with Gasteiger partial charge in [-0.25, -0.2) is 16.8 Å². The largest absolute Gasteiger partial charge is 1.00 e. The van der Waals surface area contributed by atoms with Gasteiger partial charge in [0.15, 0.2) is 0 Å². The molecule has 0 atom stereocenters. The van der Waals surface area contributed by atoms with Gasteiger partial charge >= 0.3 is 103 Å². The molecule has 0 unspecified atom stereocenters. The van der Waals surface area contributed by atoms with Crippen LogP contribution in [0.2, 0.25) is 0 Å². The third-order valence-corrected chi connectivity index (χ3v) is 7.62. The van der Waals surface area contributed by atoms with E-state index in [4.69, 9.17) is 0 Å². The topological polar surface area (TPSA) is 114 Å². The Morgan fingerprint density at radius 3 is 0.529 bits per heavy atom. The van der Waals surface area contributed by atoms with E-state index in [1.807, 2.05) is 0 Å². The second-order valence-corrected chi connectivity index (χ2v) is 12.3. The Labute approximate surface area is 296 Å². The molecule has 0 aliphatic rings. The Bertz CT molecular complexity index is 559. The fourth-order valence-corrected chi connectivity index (χ4v) is 5.21. The molecule has 0 aromatic heterocycles. The van der Waals surface area contributed by atoms with Gasteiger partial charge in [0.1, 0.15) is 0 Å². The van der Waals surface area contributed by atoms with Gasteiger partial charge in [0.25, 0.3) is 0 Å². The van der Waals surface area contributed by atoms with Gasteiger partial charge in [-0.2, -0.15) is 0 Å². The van der Waals surface area contributed by atoms with Crippen LogP contribution in [0.15, 0.2) is 0 Å². The average Bonchev–Trinajstić information content (AvgIpc) is 2.69. The summed E-state index contributed by atoms with van der Waals surface area (Å²) >= 11 is 0. The van der Waals surface area contributed by atoms with Crippen molar-refractivity contribution in [2.45, 2.75) is 141 Å². The molecule has 0 aromatic rings. The van der Waals surface area contributed by atoms with Crippen molar-refractivity contribution in [3.8, 4) is 0 Å². The van der Waals surface area contributed by atoms with E-state index in [0.29, 0.717) is 12.8 Å². The number of hydrogen-bond acceptors (Lipinski definition) is 6. The summed E-state index contributed by atoms with van der Waals surface area (Å²) < 4.78 is 63.0. The zero-order chi connectivity index (χ0) is 24.0. The molecule has 194 valence electrons. The van der Waals surface area contributed by atoms with Crippen molar-refractivity contribution in [1.29, 1.82) is 0 Å². The molecule has 0 spiro atoms. The molecule has 0 fully saturated rings. The molecule has 0 radical (unpaired) electrons. The molecule has 0 amide bonds. The molecule has 0 bridgehead atoms. The maximum absolute atomic E-state index is 10.5. The summed E-state index contributed by atoms with van der Waals surface area (Å²) in [6.45, 7) is 0. The molecule has 0 saturated carbocycles. The maximum atomic E-state index is 10.5. The molecule has 10 heteroatoms. The van der Waals surface area contributed by atoms with Gasteiger partial charge < -0.3 is 9.11 Å². The molecular weight excluding hydrogens is 527 g/mol. The summed E-state index contributed by atoms with van der Waals surface area (Å²) in [6, 6.07) is 0. The predicted octanol–water partition coefficient (Wildman–Crippen LogP) is 0.667. The fraction of sp³-hybridized carbons (Fsp3) is 1.00. The summed E-state index contributed by atoms with van der Waals surface area (Å²) in [4.78, 5) is 0. The summed E-state index contributed by atoms with van der Waals surface area (Å²) in [7, 11) is -8.05. The smallest absolute Gasteiger partial charge is 0.748 e. The fourth-order valence-electron chi connectivity index (χ4n) is 4.09. The minimum Gasteiger partial charge on any atom is -0.748 e. The van der Waals surface area contributed by atoms with Gasteiger partial charge in [0, 0.05) is 11.5 Å². The van der Waals surface area contributed by atoms with Crippen LogP contribution in [0.3, 0.4) is 0 Å². The Morgan fingerprint density at radius 1 is 0.294 bits per heavy atom. The van der Waals surface area contributed by atoms with Crippen LogP contribution >= 0.6 is 0 Å². The van der Waals surface area contributed by atoms with Crippen molar-refractivity contribution in [2.75, 3.05) is 11.5 Å². The van der Waals surface area contributed by atoms with Gasteiger partial charge in [-0.1, -0.05) is 128 Å². The Balaban J connectivity index is -0.00000480. The first-order valence-corrected chi connectivity index (χ1v) is 16.2. The molecule has 6 nitrogen and oxygen atoms in total.